The summed E-state index contributed by atoms with van der Waals surface area (Å²) < 4.78 is 82.2. The zero-order chi connectivity index (χ0) is 47.8. The highest BCUT2D eigenvalue weighted by molar-refractivity contribution is 6.42. The van der Waals surface area contributed by atoms with Gasteiger partial charge in [-0.2, -0.15) is 36.5 Å². The molecule has 0 fully saturated rings. The molecule has 3 aromatic heterocycles. The second kappa shape index (κ2) is 19.1. The second-order valence-electron chi connectivity index (χ2n) is 15.5. The molecule has 0 saturated carbocycles. The van der Waals surface area contributed by atoms with Gasteiger partial charge in [-0.3, -0.25) is 9.59 Å². The standard InChI is InChI=1S/C22H18Cl2F3N5O.C19H19Cl2F3N4O.C2H6/c1-10-6-11(2)28-17(7-10)30-21(33)19-12(3)29-18-9-16(22(25,26)27)31-32(18)20(19)13-4-5-14(23)15(24)8-13;1-9-15(17(29)26-18(2,3)4)16(10-5-6-11(20)12(21)7-10)28-14(25-9)8-13(27-28)19(22,23)24;1-2/h4-9,20,29H,1-3H3,(H,28,30,33);5-8,16,25H,1-4H3,(H,26,29);1-2H3. The highest BCUT2D eigenvalue weighted by atomic mass is 35.5. The molecule has 2 aliphatic rings. The average Bonchev–Trinajstić information content (AvgIpc) is 3.81. The number of nitrogens with zero attached hydrogens (tertiary/aromatic N) is 5. The molecular weight excluding hydrogens is 930 g/mol. The van der Waals surface area contributed by atoms with Gasteiger partial charge in [0, 0.05) is 34.8 Å². The fourth-order valence-electron chi connectivity index (χ4n) is 6.89. The van der Waals surface area contributed by atoms with Crippen LogP contribution in [0.5, 0.6) is 0 Å². The molecule has 0 spiro atoms. The molecular formula is C43H43Cl4F6N9O2. The molecule has 2 aromatic carbocycles. The number of anilines is 3. The number of allylic oxidation sites excluding steroid dienone is 2. The molecule has 2 unspecified atom stereocenters. The van der Waals surface area contributed by atoms with E-state index in [1.165, 1.54) is 24.3 Å². The third-order valence-electron chi connectivity index (χ3n) is 9.36. The van der Waals surface area contributed by atoms with Gasteiger partial charge in [-0.1, -0.05) is 72.4 Å². The van der Waals surface area contributed by atoms with E-state index < -0.39 is 53.2 Å². The quantitative estimate of drug-likeness (QED) is 0.129. The molecule has 4 N–H and O–H groups in total. The van der Waals surface area contributed by atoms with Crippen LogP contribution in [-0.4, -0.2) is 41.9 Å². The van der Waals surface area contributed by atoms with Crippen molar-refractivity contribution in [2.45, 2.75) is 92.3 Å². The minimum absolute atomic E-state index is 0.0944. The number of hydrogen-bond acceptors (Lipinski definition) is 7. The molecule has 2 aliphatic heterocycles. The number of rotatable bonds is 5. The number of fused-ring (bicyclic) bond motifs is 2. The Bertz CT molecular complexity index is 2640. The second-order valence-corrected chi connectivity index (χ2v) is 17.2. The smallest absolute Gasteiger partial charge is 0.348 e. The highest BCUT2D eigenvalue weighted by Crippen LogP contribution is 2.43. The Morgan fingerprint density at radius 1 is 0.625 bits per heavy atom. The number of hydrogen-bond donors (Lipinski definition) is 4. The van der Waals surface area contributed by atoms with Crippen molar-refractivity contribution in [2.75, 3.05) is 16.0 Å². The summed E-state index contributed by atoms with van der Waals surface area (Å²) in [5.74, 6) is -0.417. The van der Waals surface area contributed by atoms with Crippen molar-refractivity contribution < 1.29 is 35.9 Å². The summed E-state index contributed by atoms with van der Waals surface area (Å²) in [4.78, 5) is 30.7. The van der Waals surface area contributed by atoms with Crippen LogP contribution < -0.4 is 21.3 Å². The lowest BCUT2D eigenvalue weighted by Gasteiger charge is -2.31. The molecule has 0 saturated heterocycles. The molecule has 5 aromatic rings. The SMILES string of the molecule is CC.CC1=C(C(=O)NC(C)(C)C)C(c2ccc(Cl)c(Cl)c2)n2nc(C(F)(F)F)cc2N1.CC1=C(C(=O)Nc2cc(C)cc(C)n2)C(c2ccc(Cl)c(Cl)c2)n2nc(C(F)(F)F)cc2N1. The van der Waals surface area contributed by atoms with E-state index in [0.717, 1.165) is 27.1 Å². The summed E-state index contributed by atoms with van der Waals surface area (Å²) in [7, 11) is 0. The van der Waals surface area contributed by atoms with E-state index in [-0.39, 0.29) is 37.8 Å². The number of aryl methyl sites for hydroxylation is 2. The summed E-state index contributed by atoms with van der Waals surface area (Å²) in [5.41, 5.74) is 1.04. The first kappa shape index (κ1) is 49.8. The molecule has 21 heteroatoms. The third kappa shape index (κ3) is 11.2. The fourth-order valence-corrected chi connectivity index (χ4v) is 7.50. The first-order chi connectivity index (χ1) is 29.7. The van der Waals surface area contributed by atoms with E-state index in [1.54, 1.807) is 39.0 Å². The van der Waals surface area contributed by atoms with E-state index in [2.05, 4.69) is 36.4 Å². The van der Waals surface area contributed by atoms with Crippen LogP contribution in [0.2, 0.25) is 20.1 Å². The third-order valence-corrected chi connectivity index (χ3v) is 10.8. The number of pyridine rings is 1. The maximum absolute atomic E-state index is 13.4. The van der Waals surface area contributed by atoms with Crippen molar-refractivity contribution in [1.29, 1.82) is 0 Å². The molecule has 0 bridgehead atoms. The van der Waals surface area contributed by atoms with Crippen LogP contribution in [0.3, 0.4) is 0 Å². The number of benzene rings is 2. The van der Waals surface area contributed by atoms with Gasteiger partial charge in [-0.05, 0) is 102 Å². The Morgan fingerprint density at radius 2 is 1.05 bits per heavy atom. The lowest BCUT2D eigenvalue weighted by Crippen LogP contribution is -2.44. The Balaban J connectivity index is 0.000000234. The monoisotopic (exact) mass is 971 g/mol. The first-order valence-electron chi connectivity index (χ1n) is 19.5. The molecule has 64 heavy (non-hydrogen) atoms. The minimum atomic E-state index is -4.66. The molecule has 2 atom stereocenters. The number of carbonyl (C=O) groups excluding carboxylic acids is 2. The van der Waals surface area contributed by atoms with Crippen molar-refractivity contribution in [3.63, 3.8) is 0 Å². The Labute approximate surface area is 385 Å². The van der Waals surface area contributed by atoms with Crippen LogP contribution in [0.4, 0.5) is 43.8 Å². The highest BCUT2D eigenvalue weighted by Gasteiger charge is 2.42. The summed E-state index contributed by atoms with van der Waals surface area (Å²) in [6.07, 6.45) is -9.29. The predicted octanol–water partition coefficient (Wildman–Crippen LogP) is 12.6. The van der Waals surface area contributed by atoms with Crippen LogP contribution in [-0.2, 0) is 21.9 Å². The molecule has 5 heterocycles. The summed E-state index contributed by atoms with van der Waals surface area (Å²) in [6, 6.07) is 12.7. The largest absolute Gasteiger partial charge is 0.435 e. The topological polar surface area (TPSA) is 131 Å². The summed E-state index contributed by atoms with van der Waals surface area (Å²) in [5, 5.41) is 19.8. The molecule has 342 valence electrons. The molecule has 7 rings (SSSR count). The van der Waals surface area contributed by atoms with Crippen molar-refractivity contribution in [3.05, 3.63) is 137 Å². The van der Waals surface area contributed by atoms with Crippen molar-refractivity contribution in [1.82, 2.24) is 29.9 Å². The Morgan fingerprint density at radius 3 is 1.42 bits per heavy atom. The summed E-state index contributed by atoms with van der Waals surface area (Å²) in [6.45, 7) is 16.3. The van der Waals surface area contributed by atoms with E-state index in [4.69, 9.17) is 46.4 Å². The lowest BCUT2D eigenvalue weighted by molar-refractivity contribution is -0.142. The van der Waals surface area contributed by atoms with Crippen LogP contribution in [0.1, 0.15) is 94.3 Å². The molecule has 2 amide bonds. The molecule has 0 aliphatic carbocycles. The van der Waals surface area contributed by atoms with Crippen molar-refractivity contribution in [3.8, 4) is 0 Å². The van der Waals surface area contributed by atoms with Crippen LogP contribution in [0.25, 0.3) is 0 Å². The van der Waals surface area contributed by atoms with Gasteiger partial charge in [-0.25, -0.2) is 14.3 Å². The maximum Gasteiger partial charge on any atom is 0.435 e. The lowest BCUT2D eigenvalue weighted by atomic mass is 9.94. The number of carbonyl (C=O) groups is 2. The van der Waals surface area contributed by atoms with E-state index in [0.29, 0.717) is 39.1 Å². The van der Waals surface area contributed by atoms with Gasteiger partial charge in [0.2, 0.25) is 0 Å². The number of nitrogens with one attached hydrogen (secondary N) is 4. The van der Waals surface area contributed by atoms with Crippen LogP contribution in [0, 0.1) is 13.8 Å². The van der Waals surface area contributed by atoms with Gasteiger partial charge >= 0.3 is 12.4 Å². The van der Waals surface area contributed by atoms with Crippen LogP contribution in [0.15, 0.2) is 83.2 Å². The number of aromatic nitrogens is 5. The van der Waals surface area contributed by atoms with Crippen molar-refractivity contribution in [2.24, 2.45) is 0 Å². The molecule has 0 radical (unpaired) electrons. The maximum atomic E-state index is 13.4. The fraction of sp³-hybridized carbons (Fsp3) is 0.326. The van der Waals surface area contributed by atoms with Gasteiger partial charge in [0.05, 0.1) is 31.2 Å². The van der Waals surface area contributed by atoms with Gasteiger partial charge in [0.15, 0.2) is 11.4 Å². The van der Waals surface area contributed by atoms with Crippen LogP contribution >= 0.6 is 46.4 Å². The van der Waals surface area contributed by atoms with Gasteiger partial charge in [0.1, 0.15) is 29.5 Å². The van der Waals surface area contributed by atoms with Gasteiger partial charge in [0.25, 0.3) is 11.8 Å². The zero-order valence-electron chi connectivity index (χ0n) is 35.8. The van der Waals surface area contributed by atoms with E-state index in [1.807, 2.05) is 47.6 Å². The normalized spacial score (nSPS) is 16.0. The van der Waals surface area contributed by atoms with Gasteiger partial charge in [-0.15, -0.1) is 0 Å². The number of alkyl halides is 6. The van der Waals surface area contributed by atoms with E-state index >= 15 is 0 Å². The molecule has 11 nitrogen and oxygen atoms in total. The van der Waals surface area contributed by atoms with E-state index in [9.17, 15) is 35.9 Å². The average molecular weight is 974 g/mol. The van der Waals surface area contributed by atoms with Crippen molar-refractivity contribution >= 4 is 75.7 Å². The predicted molar refractivity (Wildman–Crippen MR) is 238 cm³/mol. The number of amides is 2. The number of halogens is 10. The first-order valence-corrected chi connectivity index (χ1v) is 21.0. The Hall–Kier alpha value is -5.23. The Kier molecular flexibility index (Phi) is 14.8. The zero-order valence-corrected chi connectivity index (χ0v) is 38.8. The minimum Gasteiger partial charge on any atom is -0.348 e. The summed E-state index contributed by atoms with van der Waals surface area (Å²) >= 11 is 24.3. The van der Waals surface area contributed by atoms with Gasteiger partial charge < -0.3 is 21.3 Å².